The zero-order valence-corrected chi connectivity index (χ0v) is 13.3. The fourth-order valence-electron chi connectivity index (χ4n) is 2.55. The summed E-state index contributed by atoms with van der Waals surface area (Å²) in [6.45, 7) is 8.79. The second-order valence-corrected chi connectivity index (χ2v) is 5.43. The maximum atomic E-state index is 6.42. The average Bonchev–Trinajstić information content (AvgIpc) is 2.90. The predicted molar refractivity (Wildman–Crippen MR) is 81.1 cm³/mol. The highest BCUT2D eigenvalue weighted by molar-refractivity contribution is 6.31. The van der Waals surface area contributed by atoms with E-state index in [1.807, 2.05) is 24.6 Å². The van der Waals surface area contributed by atoms with Crippen LogP contribution < -0.4 is 5.73 Å². The first-order valence-corrected chi connectivity index (χ1v) is 7.42. The minimum absolute atomic E-state index is 0.128. The minimum Gasteiger partial charge on any atom is -0.466 e. The van der Waals surface area contributed by atoms with Crippen LogP contribution in [0.5, 0.6) is 0 Å². The van der Waals surface area contributed by atoms with Gasteiger partial charge in [-0.2, -0.15) is 5.10 Å². The molecule has 1 atom stereocenters. The Morgan fingerprint density at radius 1 is 1.40 bits per heavy atom. The van der Waals surface area contributed by atoms with Gasteiger partial charge in [-0.05, 0) is 33.3 Å². The van der Waals surface area contributed by atoms with Crippen LogP contribution in [0.4, 0.5) is 0 Å². The van der Waals surface area contributed by atoms with Gasteiger partial charge in [0.25, 0.3) is 0 Å². The van der Waals surface area contributed by atoms with E-state index >= 15 is 0 Å². The van der Waals surface area contributed by atoms with Gasteiger partial charge in [-0.3, -0.25) is 4.68 Å². The van der Waals surface area contributed by atoms with Crippen molar-refractivity contribution in [1.82, 2.24) is 9.78 Å². The van der Waals surface area contributed by atoms with E-state index in [9.17, 15) is 0 Å². The van der Waals surface area contributed by atoms with Crippen LogP contribution in [-0.2, 0) is 19.4 Å². The lowest BCUT2D eigenvalue weighted by Crippen LogP contribution is -2.16. The molecular formula is C15H22ClN3O. The molecule has 0 aliphatic rings. The first kappa shape index (κ1) is 15.1. The molecule has 2 N–H and O–H groups in total. The number of hydrogen-bond donors (Lipinski definition) is 1. The third-order valence-corrected chi connectivity index (χ3v) is 4.02. The molecule has 2 aromatic heterocycles. The number of aryl methyl sites for hydroxylation is 4. The van der Waals surface area contributed by atoms with Crippen molar-refractivity contribution in [3.8, 4) is 0 Å². The summed E-state index contributed by atoms with van der Waals surface area (Å²) in [5, 5.41) is 5.28. The van der Waals surface area contributed by atoms with E-state index in [2.05, 4.69) is 18.9 Å². The number of hydrogen-bond acceptors (Lipinski definition) is 3. The van der Waals surface area contributed by atoms with E-state index in [0.717, 1.165) is 46.5 Å². The lowest BCUT2D eigenvalue weighted by molar-refractivity contribution is 0.495. The standard InChI is InChI=1S/C15H22ClN3O/c1-5-13-15(16)14(19(6-2)18-13)8-12(17)11-7-9(3)20-10(11)4/h7,12H,5-6,8,17H2,1-4H3. The summed E-state index contributed by atoms with van der Waals surface area (Å²) in [4.78, 5) is 0. The summed E-state index contributed by atoms with van der Waals surface area (Å²) in [5.41, 5.74) is 9.32. The van der Waals surface area contributed by atoms with Crippen LogP contribution in [0.25, 0.3) is 0 Å². The molecule has 0 bridgehead atoms. The number of halogens is 1. The van der Waals surface area contributed by atoms with Crippen molar-refractivity contribution < 1.29 is 4.42 Å². The highest BCUT2D eigenvalue weighted by atomic mass is 35.5. The Morgan fingerprint density at radius 3 is 2.60 bits per heavy atom. The zero-order valence-electron chi connectivity index (χ0n) is 12.5. The Morgan fingerprint density at radius 2 is 2.10 bits per heavy atom. The van der Waals surface area contributed by atoms with Gasteiger partial charge in [0.1, 0.15) is 11.5 Å². The van der Waals surface area contributed by atoms with Crippen LogP contribution in [0.1, 0.15) is 48.4 Å². The second kappa shape index (κ2) is 6.02. The number of nitrogens with zero attached hydrogens (tertiary/aromatic N) is 2. The van der Waals surface area contributed by atoms with Crippen molar-refractivity contribution in [3.05, 3.63) is 39.6 Å². The molecule has 0 saturated carbocycles. The highest BCUT2D eigenvalue weighted by Crippen LogP contribution is 2.28. The summed E-state index contributed by atoms with van der Waals surface area (Å²) in [6, 6.07) is 1.87. The molecule has 0 aromatic carbocycles. The summed E-state index contributed by atoms with van der Waals surface area (Å²) < 4.78 is 7.50. The van der Waals surface area contributed by atoms with E-state index in [1.54, 1.807) is 0 Å². The van der Waals surface area contributed by atoms with Crippen LogP contribution >= 0.6 is 11.6 Å². The van der Waals surface area contributed by atoms with Gasteiger partial charge in [-0.1, -0.05) is 18.5 Å². The zero-order chi connectivity index (χ0) is 14.9. The molecule has 0 amide bonds. The normalized spacial score (nSPS) is 12.9. The molecule has 20 heavy (non-hydrogen) atoms. The molecular weight excluding hydrogens is 274 g/mol. The summed E-state index contributed by atoms with van der Waals surface area (Å²) in [6.07, 6.45) is 1.50. The average molecular weight is 296 g/mol. The molecule has 2 rings (SSSR count). The molecule has 0 radical (unpaired) electrons. The van der Waals surface area contributed by atoms with Crippen molar-refractivity contribution >= 4 is 11.6 Å². The van der Waals surface area contributed by atoms with Gasteiger partial charge in [-0.25, -0.2) is 0 Å². The smallest absolute Gasteiger partial charge is 0.105 e. The Balaban J connectivity index is 2.29. The highest BCUT2D eigenvalue weighted by Gasteiger charge is 2.20. The van der Waals surface area contributed by atoms with Gasteiger partial charge in [0, 0.05) is 24.6 Å². The predicted octanol–water partition coefficient (Wildman–Crippen LogP) is 3.57. The monoisotopic (exact) mass is 295 g/mol. The largest absolute Gasteiger partial charge is 0.466 e. The van der Waals surface area contributed by atoms with Gasteiger partial charge in [0.2, 0.25) is 0 Å². The van der Waals surface area contributed by atoms with Gasteiger partial charge in [0.15, 0.2) is 0 Å². The van der Waals surface area contributed by atoms with Crippen LogP contribution in [0.2, 0.25) is 5.02 Å². The van der Waals surface area contributed by atoms with E-state index in [1.165, 1.54) is 0 Å². The van der Waals surface area contributed by atoms with Gasteiger partial charge < -0.3 is 10.2 Å². The Labute approximate surface area is 124 Å². The number of aromatic nitrogens is 2. The molecule has 2 aromatic rings. The molecule has 110 valence electrons. The Hall–Kier alpha value is -1.26. The summed E-state index contributed by atoms with van der Waals surface area (Å²) >= 11 is 6.42. The molecule has 1 unspecified atom stereocenters. The summed E-state index contributed by atoms with van der Waals surface area (Å²) in [7, 11) is 0. The van der Waals surface area contributed by atoms with Crippen molar-refractivity contribution in [2.45, 2.75) is 53.1 Å². The van der Waals surface area contributed by atoms with Crippen LogP contribution in [-0.4, -0.2) is 9.78 Å². The van der Waals surface area contributed by atoms with Crippen molar-refractivity contribution in [1.29, 1.82) is 0 Å². The fraction of sp³-hybridized carbons (Fsp3) is 0.533. The number of furan rings is 1. The third-order valence-electron chi connectivity index (χ3n) is 3.59. The minimum atomic E-state index is -0.128. The lowest BCUT2D eigenvalue weighted by Gasteiger charge is -2.12. The van der Waals surface area contributed by atoms with Crippen molar-refractivity contribution in [2.75, 3.05) is 0 Å². The second-order valence-electron chi connectivity index (χ2n) is 5.06. The van der Waals surface area contributed by atoms with Gasteiger partial charge in [-0.15, -0.1) is 0 Å². The third kappa shape index (κ3) is 2.76. The van der Waals surface area contributed by atoms with E-state index in [4.69, 9.17) is 21.8 Å². The fourth-order valence-corrected chi connectivity index (χ4v) is 2.90. The molecule has 0 aliphatic carbocycles. The van der Waals surface area contributed by atoms with E-state index in [-0.39, 0.29) is 6.04 Å². The molecule has 0 saturated heterocycles. The molecule has 0 aliphatic heterocycles. The SMILES string of the molecule is CCc1nn(CC)c(CC(N)c2cc(C)oc2C)c1Cl. The van der Waals surface area contributed by atoms with Gasteiger partial charge in [0.05, 0.1) is 16.4 Å². The van der Waals surface area contributed by atoms with E-state index in [0.29, 0.717) is 6.42 Å². The lowest BCUT2D eigenvalue weighted by atomic mass is 10.0. The molecule has 4 nitrogen and oxygen atoms in total. The topological polar surface area (TPSA) is 57.0 Å². The number of rotatable bonds is 5. The molecule has 2 heterocycles. The van der Waals surface area contributed by atoms with Crippen molar-refractivity contribution in [3.63, 3.8) is 0 Å². The quantitative estimate of drug-likeness (QED) is 0.917. The van der Waals surface area contributed by atoms with Crippen LogP contribution in [0.3, 0.4) is 0 Å². The maximum absolute atomic E-state index is 6.42. The first-order chi connectivity index (χ1) is 9.47. The van der Waals surface area contributed by atoms with Crippen LogP contribution in [0.15, 0.2) is 10.5 Å². The van der Waals surface area contributed by atoms with Crippen LogP contribution in [0, 0.1) is 13.8 Å². The Kier molecular flexibility index (Phi) is 4.55. The Bertz CT molecular complexity index is 601. The van der Waals surface area contributed by atoms with Gasteiger partial charge >= 0.3 is 0 Å². The van der Waals surface area contributed by atoms with Crippen molar-refractivity contribution in [2.24, 2.45) is 5.73 Å². The number of nitrogens with two attached hydrogens (primary N) is 1. The summed E-state index contributed by atoms with van der Waals surface area (Å²) in [5.74, 6) is 1.77. The molecule has 0 fully saturated rings. The first-order valence-electron chi connectivity index (χ1n) is 7.04. The molecule has 0 spiro atoms. The molecule has 5 heteroatoms. The maximum Gasteiger partial charge on any atom is 0.105 e. The van der Waals surface area contributed by atoms with E-state index < -0.39 is 0 Å².